The predicted octanol–water partition coefficient (Wildman–Crippen LogP) is 3.76. The van der Waals surface area contributed by atoms with Crippen LogP contribution in [0.1, 0.15) is 43.7 Å². The fraction of sp³-hybridized carbons (Fsp3) is 0.538. The van der Waals surface area contributed by atoms with Crippen molar-refractivity contribution < 1.29 is 9.50 Å². The van der Waals surface area contributed by atoms with Crippen molar-refractivity contribution in [3.8, 4) is 5.75 Å². The van der Waals surface area contributed by atoms with Gasteiger partial charge in [-0.3, -0.25) is 0 Å². The number of aromatic hydroxyl groups is 1. The standard InChI is InChI=1S/C13H17ClFNO/c14-9-6-7-10(15)11(13(9)17)12(16)8-4-2-1-3-5-8/h6-8,12,17H,1-5,16H2/t12-/m0/s1. The second kappa shape index (κ2) is 5.23. The molecular formula is C13H17ClFNO. The molecule has 0 aromatic heterocycles. The molecule has 0 saturated heterocycles. The molecule has 0 bridgehead atoms. The molecule has 1 atom stereocenters. The Kier molecular flexibility index (Phi) is 3.89. The van der Waals surface area contributed by atoms with Crippen LogP contribution >= 0.6 is 11.6 Å². The lowest BCUT2D eigenvalue weighted by Crippen LogP contribution is -2.24. The van der Waals surface area contributed by atoms with Crippen LogP contribution in [0.3, 0.4) is 0 Å². The fourth-order valence-corrected chi connectivity index (χ4v) is 2.77. The van der Waals surface area contributed by atoms with Crippen molar-refractivity contribution in [3.63, 3.8) is 0 Å². The molecule has 0 amide bonds. The molecule has 1 aromatic carbocycles. The third kappa shape index (κ3) is 2.55. The second-order valence-electron chi connectivity index (χ2n) is 4.72. The lowest BCUT2D eigenvalue weighted by molar-refractivity contribution is 0.297. The Morgan fingerprint density at radius 2 is 1.94 bits per heavy atom. The Hall–Kier alpha value is -0.800. The van der Waals surface area contributed by atoms with Crippen molar-refractivity contribution in [2.45, 2.75) is 38.1 Å². The van der Waals surface area contributed by atoms with E-state index in [0.29, 0.717) is 0 Å². The van der Waals surface area contributed by atoms with Gasteiger partial charge in [-0.05, 0) is 30.9 Å². The van der Waals surface area contributed by atoms with Crippen molar-refractivity contribution in [1.29, 1.82) is 0 Å². The van der Waals surface area contributed by atoms with Crippen LogP contribution in [0.4, 0.5) is 4.39 Å². The van der Waals surface area contributed by atoms with E-state index in [1.54, 1.807) is 0 Å². The number of hydrogen-bond acceptors (Lipinski definition) is 2. The molecule has 17 heavy (non-hydrogen) atoms. The Balaban J connectivity index is 2.29. The molecule has 1 aromatic rings. The highest BCUT2D eigenvalue weighted by Gasteiger charge is 2.27. The number of hydrogen-bond donors (Lipinski definition) is 2. The minimum atomic E-state index is -0.468. The molecule has 1 aliphatic rings. The van der Waals surface area contributed by atoms with Gasteiger partial charge in [0.2, 0.25) is 0 Å². The van der Waals surface area contributed by atoms with E-state index in [1.165, 1.54) is 18.6 Å². The van der Waals surface area contributed by atoms with Crippen LogP contribution in [-0.4, -0.2) is 5.11 Å². The minimum absolute atomic E-state index is 0.160. The zero-order valence-corrected chi connectivity index (χ0v) is 10.4. The van der Waals surface area contributed by atoms with Crippen LogP contribution in [-0.2, 0) is 0 Å². The number of phenols is 1. The number of benzene rings is 1. The summed E-state index contributed by atoms with van der Waals surface area (Å²) in [6.07, 6.45) is 5.45. The molecule has 0 aliphatic heterocycles. The van der Waals surface area contributed by atoms with E-state index in [2.05, 4.69) is 0 Å². The molecule has 4 heteroatoms. The molecule has 0 radical (unpaired) electrons. The van der Waals surface area contributed by atoms with Gasteiger partial charge < -0.3 is 10.8 Å². The smallest absolute Gasteiger partial charge is 0.141 e. The first kappa shape index (κ1) is 12.7. The van der Waals surface area contributed by atoms with Crippen molar-refractivity contribution in [3.05, 3.63) is 28.5 Å². The van der Waals surface area contributed by atoms with Crippen LogP contribution in [0.15, 0.2) is 12.1 Å². The molecule has 1 saturated carbocycles. The molecule has 1 aliphatic carbocycles. The van der Waals surface area contributed by atoms with Gasteiger partial charge in [0, 0.05) is 11.6 Å². The van der Waals surface area contributed by atoms with Crippen LogP contribution in [0.2, 0.25) is 5.02 Å². The number of halogens is 2. The van der Waals surface area contributed by atoms with E-state index in [4.69, 9.17) is 17.3 Å². The van der Waals surface area contributed by atoms with Gasteiger partial charge in [0.15, 0.2) is 0 Å². The molecule has 0 heterocycles. The highest BCUT2D eigenvalue weighted by Crippen LogP contribution is 2.39. The number of phenolic OH excluding ortho intramolecular Hbond substituents is 1. The van der Waals surface area contributed by atoms with Crippen LogP contribution in [0, 0.1) is 11.7 Å². The predicted molar refractivity (Wildman–Crippen MR) is 66.6 cm³/mol. The normalized spacial score (nSPS) is 19.2. The van der Waals surface area contributed by atoms with Crippen LogP contribution in [0.5, 0.6) is 5.75 Å². The highest BCUT2D eigenvalue weighted by atomic mass is 35.5. The summed E-state index contributed by atoms with van der Waals surface area (Å²) < 4.78 is 13.7. The summed E-state index contributed by atoms with van der Waals surface area (Å²) in [5.74, 6) is -0.433. The highest BCUT2D eigenvalue weighted by molar-refractivity contribution is 6.32. The summed E-state index contributed by atoms with van der Waals surface area (Å²) in [4.78, 5) is 0. The van der Waals surface area contributed by atoms with E-state index >= 15 is 0 Å². The van der Waals surface area contributed by atoms with Gasteiger partial charge in [-0.2, -0.15) is 0 Å². The Bertz CT molecular complexity index is 405. The third-order valence-corrected chi connectivity index (χ3v) is 3.91. The zero-order valence-electron chi connectivity index (χ0n) is 9.63. The van der Waals surface area contributed by atoms with Gasteiger partial charge in [-0.1, -0.05) is 30.9 Å². The van der Waals surface area contributed by atoms with Crippen molar-refractivity contribution >= 4 is 11.6 Å². The fourth-order valence-electron chi connectivity index (χ4n) is 2.60. The Morgan fingerprint density at radius 3 is 2.59 bits per heavy atom. The molecule has 0 spiro atoms. The topological polar surface area (TPSA) is 46.2 Å². The van der Waals surface area contributed by atoms with E-state index < -0.39 is 11.9 Å². The molecule has 2 rings (SSSR count). The molecule has 3 N–H and O–H groups in total. The van der Waals surface area contributed by atoms with E-state index in [9.17, 15) is 9.50 Å². The molecule has 94 valence electrons. The summed E-state index contributed by atoms with van der Waals surface area (Å²) in [6.45, 7) is 0. The van der Waals surface area contributed by atoms with Gasteiger partial charge in [-0.15, -0.1) is 0 Å². The first-order chi connectivity index (χ1) is 8.11. The SMILES string of the molecule is N[C@H](c1c(F)ccc(Cl)c1O)C1CCCCC1. The quantitative estimate of drug-likeness (QED) is 0.847. The van der Waals surface area contributed by atoms with Gasteiger partial charge in [-0.25, -0.2) is 4.39 Å². The number of rotatable bonds is 2. The first-order valence-corrected chi connectivity index (χ1v) is 6.41. The monoisotopic (exact) mass is 257 g/mol. The average Bonchev–Trinajstić information content (AvgIpc) is 2.35. The van der Waals surface area contributed by atoms with Crippen LogP contribution < -0.4 is 5.73 Å². The zero-order chi connectivity index (χ0) is 12.4. The van der Waals surface area contributed by atoms with E-state index in [1.807, 2.05) is 0 Å². The summed E-state index contributed by atoms with van der Waals surface area (Å²) in [5.41, 5.74) is 6.25. The van der Waals surface area contributed by atoms with Gasteiger partial charge in [0.1, 0.15) is 11.6 Å². The average molecular weight is 258 g/mol. The van der Waals surface area contributed by atoms with Gasteiger partial charge in [0.25, 0.3) is 0 Å². The maximum absolute atomic E-state index is 13.7. The minimum Gasteiger partial charge on any atom is -0.506 e. The summed E-state index contributed by atoms with van der Waals surface area (Å²) >= 11 is 5.80. The maximum Gasteiger partial charge on any atom is 0.141 e. The lowest BCUT2D eigenvalue weighted by atomic mass is 9.81. The Morgan fingerprint density at radius 1 is 1.29 bits per heavy atom. The summed E-state index contributed by atoms with van der Waals surface area (Å²) in [5, 5.41) is 9.99. The molecule has 2 nitrogen and oxygen atoms in total. The van der Waals surface area contributed by atoms with Crippen molar-refractivity contribution in [1.82, 2.24) is 0 Å². The maximum atomic E-state index is 13.7. The third-order valence-electron chi connectivity index (χ3n) is 3.61. The largest absolute Gasteiger partial charge is 0.506 e. The molecule has 0 unspecified atom stereocenters. The molecular weight excluding hydrogens is 241 g/mol. The summed E-state index contributed by atoms with van der Waals surface area (Å²) in [6, 6.07) is 2.15. The van der Waals surface area contributed by atoms with Crippen molar-refractivity contribution in [2.75, 3.05) is 0 Å². The van der Waals surface area contributed by atoms with Gasteiger partial charge in [0.05, 0.1) is 5.02 Å². The lowest BCUT2D eigenvalue weighted by Gasteiger charge is -2.28. The van der Waals surface area contributed by atoms with Crippen molar-refractivity contribution in [2.24, 2.45) is 11.7 Å². The van der Waals surface area contributed by atoms with Gasteiger partial charge >= 0.3 is 0 Å². The van der Waals surface area contributed by atoms with E-state index in [0.717, 1.165) is 25.7 Å². The summed E-state index contributed by atoms with van der Waals surface area (Å²) in [7, 11) is 0. The van der Waals surface area contributed by atoms with Crippen LogP contribution in [0.25, 0.3) is 0 Å². The number of nitrogens with two attached hydrogens (primary N) is 1. The first-order valence-electron chi connectivity index (χ1n) is 6.03. The second-order valence-corrected chi connectivity index (χ2v) is 5.12. The van der Waals surface area contributed by atoms with E-state index in [-0.39, 0.29) is 22.3 Å². The Labute approximate surface area is 106 Å². The molecule has 1 fully saturated rings.